The highest BCUT2D eigenvalue weighted by molar-refractivity contribution is 6.11. The molecule has 9 nitrogen and oxygen atoms in total. The molecule has 0 bridgehead atoms. The lowest BCUT2D eigenvalue weighted by atomic mass is 9.85. The second-order valence-electron chi connectivity index (χ2n) is 9.48. The van der Waals surface area contributed by atoms with E-state index in [0.29, 0.717) is 22.3 Å². The van der Waals surface area contributed by atoms with Crippen molar-refractivity contribution < 1.29 is 33.4 Å². The van der Waals surface area contributed by atoms with Gasteiger partial charge < -0.3 is 14.2 Å². The number of hydrazine groups is 1. The van der Waals surface area contributed by atoms with Crippen LogP contribution >= 0.6 is 0 Å². The first-order chi connectivity index (χ1) is 19.8. The lowest BCUT2D eigenvalue weighted by Crippen LogP contribution is -2.63. The summed E-state index contributed by atoms with van der Waals surface area (Å²) >= 11 is 0. The van der Waals surface area contributed by atoms with Crippen molar-refractivity contribution in [2.24, 2.45) is 0 Å². The molecule has 1 saturated heterocycles. The molecule has 0 radical (unpaired) electrons. The van der Waals surface area contributed by atoms with E-state index >= 15 is 0 Å². The summed E-state index contributed by atoms with van der Waals surface area (Å²) in [5, 5.41) is 1.71. The van der Waals surface area contributed by atoms with Crippen LogP contribution < -0.4 is 0 Å². The van der Waals surface area contributed by atoms with Crippen molar-refractivity contribution in [2.75, 3.05) is 6.61 Å². The predicted octanol–water partition coefficient (Wildman–Crippen LogP) is 5.56. The van der Waals surface area contributed by atoms with E-state index in [9.17, 15) is 19.2 Å². The van der Waals surface area contributed by atoms with Crippen LogP contribution in [0.2, 0.25) is 0 Å². The number of ether oxygens (including phenoxy) is 3. The van der Waals surface area contributed by atoms with Gasteiger partial charge in [-0.25, -0.2) is 19.4 Å². The second-order valence-corrected chi connectivity index (χ2v) is 9.48. The summed E-state index contributed by atoms with van der Waals surface area (Å²) in [6.07, 6.45) is -2.34. The Morgan fingerprint density at radius 2 is 1.27 bits per heavy atom. The Morgan fingerprint density at radius 1 is 0.780 bits per heavy atom. The number of amides is 2. The van der Waals surface area contributed by atoms with Gasteiger partial charge in [-0.2, -0.15) is 5.01 Å². The third kappa shape index (κ3) is 6.14. The van der Waals surface area contributed by atoms with Crippen molar-refractivity contribution >= 4 is 29.5 Å². The fourth-order valence-corrected chi connectivity index (χ4v) is 4.77. The second kappa shape index (κ2) is 13.0. The van der Waals surface area contributed by atoms with E-state index in [1.54, 1.807) is 79.7 Å². The summed E-state index contributed by atoms with van der Waals surface area (Å²) in [6, 6.07) is 25.8. The van der Waals surface area contributed by atoms with Gasteiger partial charge in [0.05, 0.1) is 12.6 Å². The van der Waals surface area contributed by atoms with E-state index in [2.05, 4.69) is 6.58 Å². The van der Waals surface area contributed by atoms with Crippen molar-refractivity contribution in [1.29, 1.82) is 0 Å². The summed E-state index contributed by atoms with van der Waals surface area (Å²) in [6.45, 7) is 6.62. The largest absolute Gasteiger partial charge is 0.464 e. The summed E-state index contributed by atoms with van der Waals surface area (Å²) < 4.78 is 16.5. The van der Waals surface area contributed by atoms with Gasteiger partial charge in [0.15, 0.2) is 5.78 Å². The zero-order valence-electron chi connectivity index (χ0n) is 23.0. The molecular formula is C32H32N2O7. The standard InChI is InChI=1S/C32H32N2O7/c1-4-39-29(36)32(24(3)35)20-28(23(2)27-18-12-7-13-19-27)33(30(37)40-21-25-14-8-5-9-15-25)34(32)31(38)41-22-26-16-10-6-11-17-26/h5-19,28H,2,4,20-22H2,1,3H3/t28-,32+/m0/s1. The minimum absolute atomic E-state index is 0.0521. The van der Waals surface area contributed by atoms with Gasteiger partial charge in [-0.15, -0.1) is 0 Å². The van der Waals surface area contributed by atoms with Gasteiger partial charge in [-0.1, -0.05) is 97.6 Å². The van der Waals surface area contributed by atoms with Gasteiger partial charge in [0, 0.05) is 6.42 Å². The maximum absolute atomic E-state index is 13.8. The average molecular weight is 557 g/mol. The molecule has 1 aliphatic heterocycles. The van der Waals surface area contributed by atoms with Gasteiger partial charge >= 0.3 is 18.2 Å². The Labute approximate surface area is 238 Å². The van der Waals surface area contributed by atoms with Crippen molar-refractivity contribution in [2.45, 2.75) is 45.1 Å². The van der Waals surface area contributed by atoms with Crippen LogP contribution in [-0.2, 0) is 37.0 Å². The maximum atomic E-state index is 13.8. The summed E-state index contributed by atoms with van der Waals surface area (Å²) in [7, 11) is 0. The van der Waals surface area contributed by atoms with Crippen LogP contribution in [0.1, 0.15) is 37.0 Å². The predicted molar refractivity (Wildman–Crippen MR) is 151 cm³/mol. The topological polar surface area (TPSA) is 102 Å². The molecule has 0 saturated carbocycles. The van der Waals surface area contributed by atoms with Crippen LogP contribution in [0, 0.1) is 0 Å². The minimum Gasteiger partial charge on any atom is -0.464 e. The third-order valence-electron chi connectivity index (χ3n) is 6.87. The lowest BCUT2D eigenvalue weighted by molar-refractivity contribution is -0.165. The molecule has 0 N–H and O–H groups in total. The van der Waals surface area contributed by atoms with E-state index in [4.69, 9.17) is 14.2 Å². The number of ketones is 1. The summed E-state index contributed by atoms with van der Waals surface area (Å²) in [5.74, 6) is -1.68. The molecule has 3 aromatic carbocycles. The first-order valence-electron chi connectivity index (χ1n) is 13.2. The molecule has 1 fully saturated rings. The summed E-state index contributed by atoms with van der Waals surface area (Å²) in [5.41, 5.74) is 0.237. The Balaban J connectivity index is 1.78. The smallest absolute Gasteiger partial charge is 0.430 e. The van der Waals surface area contributed by atoms with Gasteiger partial charge in [-0.05, 0) is 36.1 Å². The molecule has 0 aliphatic carbocycles. The molecule has 1 heterocycles. The van der Waals surface area contributed by atoms with Gasteiger partial charge in [0.25, 0.3) is 0 Å². The fourth-order valence-electron chi connectivity index (χ4n) is 4.77. The molecule has 0 spiro atoms. The number of hydrogen-bond donors (Lipinski definition) is 0. The molecule has 2 atom stereocenters. The monoisotopic (exact) mass is 556 g/mol. The van der Waals surface area contributed by atoms with Gasteiger partial charge in [-0.3, -0.25) is 4.79 Å². The quantitative estimate of drug-likeness (QED) is 0.193. The molecule has 41 heavy (non-hydrogen) atoms. The van der Waals surface area contributed by atoms with E-state index in [1.165, 1.54) is 6.92 Å². The number of Topliss-reactive ketones (excluding diaryl/α,β-unsaturated/α-hetero) is 1. The molecule has 4 rings (SSSR count). The molecule has 0 unspecified atom stereocenters. The van der Waals surface area contributed by atoms with Crippen molar-refractivity contribution in [3.05, 3.63) is 114 Å². The average Bonchev–Trinajstić information content (AvgIpc) is 3.38. The fraction of sp³-hybridized carbons (Fsp3) is 0.250. The molecule has 0 aromatic heterocycles. The van der Waals surface area contributed by atoms with E-state index in [1.807, 2.05) is 18.2 Å². The first-order valence-corrected chi connectivity index (χ1v) is 13.2. The van der Waals surface area contributed by atoms with E-state index < -0.39 is 35.5 Å². The molecule has 9 heteroatoms. The highest BCUT2D eigenvalue weighted by Gasteiger charge is 2.65. The number of benzene rings is 3. The Bertz CT molecular complexity index is 1400. The maximum Gasteiger partial charge on any atom is 0.430 e. The summed E-state index contributed by atoms with van der Waals surface area (Å²) in [4.78, 5) is 54.5. The molecule has 1 aliphatic rings. The highest BCUT2D eigenvalue weighted by Crippen LogP contribution is 2.42. The minimum atomic E-state index is -2.20. The lowest BCUT2D eigenvalue weighted by Gasteiger charge is -2.37. The SMILES string of the molecule is C=C(c1ccccc1)[C@@H]1C[C@@](C(C)=O)(C(=O)OCC)N(C(=O)OCc2ccccc2)N1C(=O)OCc1ccccc1. The van der Waals surface area contributed by atoms with Gasteiger partial charge in [0.1, 0.15) is 13.2 Å². The van der Waals surface area contributed by atoms with Gasteiger partial charge in [0.2, 0.25) is 5.54 Å². The van der Waals surface area contributed by atoms with Crippen LogP contribution in [-0.4, -0.2) is 52.1 Å². The molecule has 2 amide bonds. The number of hydrogen-bond acceptors (Lipinski definition) is 7. The molecule has 212 valence electrons. The number of rotatable bonds is 9. The van der Waals surface area contributed by atoms with Crippen LogP contribution in [0.25, 0.3) is 5.57 Å². The number of carbonyl (C=O) groups excluding carboxylic acids is 4. The Hall–Kier alpha value is -4.92. The molecular weight excluding hydrogens is 524 g/mol. The van der Waals surface area contributed by atoms with Crippen LogP contribution in [0.3, 0.4) is 0 Å². The van der Waals surface area contributed by atoms with Crippen molar-refractivity contribution in [3.63, 3.8) is 0 Å². The normalized spacial score (nSPS) is 18.0. The number of carbonyl (C=O) groups is 4. The van der Waals surface area contributed by atoms with Crippen LogP contribution in [0.4, 0.5) is 9.59 Å². The zero-order chi connectivity index (χ0) is 29.4. The number of esters is 1. The number of nitrogens with zero attached hydrogens (tertiary/aromatic N) is 2. The Morgan fingerprint density at radius 3 is 1.76 bits per heavy atom. The van der Waals surface area contributed by atoms with Crippen LogP contribution in [0.5, 0.6) is 0 Å². The van der Waals surface area contributed by atoms with Crippen LogP contribution in [0.15, 0.2) is 97.6 Å². The van der Waals surface area contributed by atoms with Crippen molar-refractivity contribution in [3.8, 4) is 0 Å². The zero-order valence-corrected chi connectivity index (χ0v) is 23.0. The van der Waals surface area contributed by atoms with E-state index in [-0.39, 0.29) is 26.2 Å². The molecule has 3 aromatic rings. The highest BCUT2D eigenvalue weighted by atomic mass is 16.6. The third-order valence-corrected chi connectivity index (χ3v) is 6.87. The first kappa shape index (κ1) is 29.1. The van der Waals surface area contributed by atoms with Crippen molar-refractivity contribution in [1.82, 2.24) is 10.0 Å². The van der Waals surface area contributed by atoms with E-state index in [0.717, 1.165) is 10.0 Å². The Kier molecular flexibility index (Phi) is 9.19.